The average Bonchev–Trinajstić information content (AvgIpc) is 2.67. The Bertz CT molecular complexity index is 903. The summed E-state index contributed by atoms with van der Waals surface area (Å²) in [6.45, 7) is 1.06. The van der Waals surface area contributed by atoms with E-state index < -0.39 is 5.60 Å². The van der Waals surface area contributed by atoms with Gasteiger partial charge in [-0.3, -0.25) is 9.59 Å². The Labute approximate surface area is 162 Å². The highest BCUT2D eigenvalue weighted by Crippen LogP contribution is 2.40. The van der Waals surface area contributed by atoms with Gasteiger partial charge in [0.1, 0.15) is 17.1 Å². The quantitative estimate of drug-likeness (QED) is 0.784. The van der Waals surface area contributed by atoms with Crippen molar-refractivity contribution in [3.8, 4) is 11.5 Å². The molecule has 0 N–H and O–H groups in total. The number of hydrogen-bond acceptors (Lipinski definition) is 4. The van der Waals surface area contributed by atoms with Crippen LogP contribution < -0.4 is 9.47 Å². The number of nitrogens with zero attached hydrogens (tertiary/aromatic N) is 1. The lowest BCUT2D eigenvalue weighted by atomic mass is 9.82. The standard InChI is InChI=1S/C21H20ClNO4/c1-26-18-5-3-2-4-16(18)20(25)23-10-8-21(9-11-23)13-17(24)15-7-6-14(22)12-19(15)27-21/h2-7,12H,8-11,13H2,1H3. The molecule has 0 radical (unpaired) electrons. The number of fused-ring (bicyclic) bond motifs is 1. The Morgan fingerprint density at radius 3 is 2.67 bits per heavy atom. The zero-order valence-electron chi connectivity index (χ0n) is 15.0. The number of para-hydroxylation sites is 1. The van der Waals surface area contributed by atoms with Crippen molar-refractivity contribution in [2.45, 2.75) is 24.9 Å². The number of hydrogen-bond donors (Lipinski definition) is 0. The minimum Gasteiger partial charge on any atom is -0.496 e. The van der Waals surface area contributed by atoms with Gasteiger partial charge in [0.05, 0.1) is 24.7 Å². The number of rotatable bonds is 2. The third-order valence-electron chi connectivity index (χ3n) is 5.35. The van der Waals surface area contributed by atoms with E-state index in [1.54, 1.807) is 42.3 Å². The molecular formula is C21H20ClNO4. The molecule has 0 aliphatic carbocycles. The zero-order valence-corrected chi connectivity index (χ0v) is 15.8. The molecule has 0 atom stereocenters. The first-order chi connectivity index (χ1) is 13.0. The number of halogens is 1. The van der Waals surface area contributed by atoms with E-state index in [2.05, 4.69) is 0 Å². The van der Waals surface area contributed by atoms with Crippen LogP contribution in [0.15, 0.2) is 42.5 Å². The van der Waals surface area contributed by atoms with Gasteiger partial charge in [0, 0.05) is 31.0 Å². The first-order valence-electron chi connectivity index (χ1n) is 8.95. The van der Waals surface area contributed by atoms with E-state index in [0.29, 0.717) is 60.0 Å². The first kappa shape index (κ1) is 17.9. The van der Waals surface area contributed by atoms with Gasteiger partial charge in [0.2, 0.25) is 0 Å². The lowest BCUT2D eigenvalue weighted by molar-refractivity contribution is -0.00574. The summed E-state index contributed by atoms with van der Waals surface area (Å²) in [6.07, 6.45) is 1.54. The van der Waals surface area contributed by atoms with Crippen LogP contribution in [-0.4, -0.2) is 42.4 Å². The lowest BCUT2D eigenvalue weighted by Gasteiger charge is -2.44. The SMILES string of the molecule is COc1ccccc1C(=O)N1CCC2(CC1)CC(=O)c1ccc(Cl)cc1O2. The number of Topliss-reactive ketones (excluding diaryl/α,β-unsaturated/α-hetero) is 1. The second-order valence-corrected chi connectivity index (χ2v) is 7.45. The molecule has 1 fully saturated rings. The van der Waals surface area contributed by atoms with Crippen molar-refractivity contribution in [2.24, 2.45) is 0 Å². The lowest BCUT2D eigenvalue weighted by Crippen LogP contribution is -2.52. The molecule has 1 amide bonds. The van der Waals surface area contributed by atoms with Crippen LogP contribution in [0.2, 0.25) is 5.02 Å². The summed E-state index contributed by atoms with van der Waals surface area (Å²) in [4.78, 5) is 27.2. The van der Waals surface area contributed by atoms with Gasteiger partial charge in [-0.2, -0.15) is 0 Å². The number of carbonyl (C=O) groups excluding carboxylic acids is 2. The molecule has 2 heterocycles. The molecule has 0 saturated carbocycles. The summed E-state index contributed by atoms with van der Waals surface area (Å²) in [6, 6.07) is 12.3. The van der Waals surface area contributed by atoms with E-state index in [4.69, 9.17) is 21.1 Å². The summed E-state index contributed by atoms with van der Waals surface area (Å²) < 4.78 is 11.5. The molecule has 140 valence electrons. The molecule has 0 aromatic heterocycles. The van der Waals surface area contributed by atoms with Crippen LogP contribution >= 0.6 is 11.6 Å². The summed E-state index contributed by atoms with van der Waals surface area (Å²) in [7, 11) is 1.56. The van der Waals surface area contributed by atoms with E-state index in [-0.39, 0.29) is 11.7 Å². The van der Waals surface area contributed by atoms with Crippen molar-refractivity contribution in [3.63, 3.8) is 0 Å². The monoisotopic (exact) mass is 385 g/mol. The van der Waals surface area contributed by atoms with E-state index in [1.165, 1.54) is 0 Å². The average molecular weight is 386 g/mol. The van der Waals surface area contributed by atoms with Gasteiger partial charge in [-0.25, -0.2) is 0 Å². The van der Waals surface area contributed by atoms with Crippen LogP contribution in [0.5, 0.6) is 11.5 Å². The predicted molar refractivity (Wildman–Crippen MR) is 102 cm³/mol. The Hall–Kier alpha value is -2.53. The van der Waals surface area contributed by atoms with E-state index in [0.717, 1.165) is 0 Å². The Morgan fingerprint density at radius 1 is 1.19 bits per heavy atom. The maximum Gasteiger partial charge on any atom is 0.257 e. The maximum atomic E-state index is 12.9. The zero-order chi connectivity index (χ0) is 19.0. The van der Waals surface area contributed by atoms with Crippen molar-refractivity contribution >= 4 is 23.3 Å². The third kappa shape index (κ3) is 3.28. The number of piperidine rings is 1. The molecule has 0 bridgehead atoms. The van der Waals surface area contributed by atoms with Crippen molar-refractivity contribution in [1.82, 2.24) is 4.90 Å². The number of ether oxygens (including phenoxy) is 2. The van der Waals surface area contributed by atoms with E-state index >= 15 is 0 Å². The summed E-state index contributed by atoms with van der Waals surface area (Å²) >= 11 is 6.06. The van der Waals surface area contributed by atoms with Crippen LogP contribution in [-0.2, 0) is 0 Å². The van der Waals surface area contributed by atoms with Gasteiger partial charge in [0.15, 0.2) is 5.78 Å². The second kappa shape index (κ2) is 6.89. The summed E-state index contributed by atoms with van der Waals surface area (Å²) in [5.74, 6) is 1.11. The van der Waals surface area contributed by atoms with Gasteiger partial charge in [0.25, 0.3) is 5.91 Å². The highest BCUT2D eigenvalue weighted by Gasteiger charge is 2.43. The van der Waals surface area contributed by atoms with E-state index in [9.17, 15) is 9.59 Å². The predicted octanol–water partition coefficient (Wildman–Crippen LogP) is 3.99. The molecular weight excluding hydrogens is 366 g/mol. The third-order valence-corrected chi connectivity index (χ3v) is 5.59. The fraction of sp³-hybridized carbons (Fsp3) is 0.333. The number of likely N-dealkylation sites (tertiary alicyclic amines) is 1. The van der Waals surface area contributed by atoms with Gasteiger partial charge in [-0.1, -0.05) is 23.7 Å². The molecule has 1 saturated heterocycles. The number of carbonyl (C=O) groups is 2. The highest BCUT2D eigenvalue weighted by atomic mass is 35.5. The molecule has 27 heavy (non-hydrogen) atoms. The van der Waals surface area contributed by atoms with Crippen LogP contribution in [0.25, 0.3) is 0 Å². The van der Waals surface area contributed by atoms with Crippen LogP contribution in [0.4, 0.5) is 0 Å². The smallest absolute Gasteiger partial charge is 0.257 e. The largest absolute Gasteiger partial charge is 0.496 e. The van der Waals surface area contributed by atoms with E-state index in [1.807, 2.05) is 12.1 Å². The minimum atomic E-state index is -0.563. The first-order valence-corrected chi connectivity index (χ1v) is 9.33. The molecule has 5 nitrogen and oxygen atoms in total. The summed E-state index contributed by atoms with van der Waals surface area (Å²) in [5, 5.41) is 0.544. The van der Waals surface area contributed by atoms with Crippen molar-refractivity contribution in [3.05, 3.63) is 58.6 Å². The Kier molecular flexibility index (Phi) is 4.56. The fourth-order valence-electron chi connectivity index (χ4n) is 3.86. The molecule has 0 unspecified atom stereocenters. The molecule has 2 aliphatic heterocycles. The van der Waals surface area contributed by atoms with Crippen molar-refractivity contribution in [2.75, 3.05) is 20.2 Å². The highest BCUT2D eigenvalue weighted by molar-refractivity contribution is 6.30. The number of amides is 1. The summed E-state index contributed by atoms with van der Waals surface area (Å²) in [5.41, 5.74) is 0.568. The Morgan fingerprint density at radius 2 is 1.93 bits per heavy atom. The van der Waals surface area contributed by atoms with Crippen LogP contribution in [0.1, 0.15) is 40.0 Å². The molecule has 6 heteroatoms. The number of methoxy groups -OCH3 is 1. The molecule has 2 aromatic rings. The van der Waals surface area contributed by atoms with Crippen LogP contribution in [0.3, 0.4) is 0 Å². The number of benzene rings is 2. The number of ketones is 1. The molecule has 1 spiro atoms. The second-order valence-electron chi connectivity index (χ2n) is 7.02. The van der Waals surface area contributed by atoms with Crippen LogP contribution in [0, 0.1) is 0 Å². The topological polar surface area (TPSA) is 55.8 Å². The molecule has 2 aromatic carbocycles. The normalized spacial score (nSPS) is 18.0. The van der Waals surface area contributed by atoms with Gasteiger partial charge in [-0.15, -0.1) is 0 Å². The van der Waals surface area contributed by atoms with Gasteiger partial charge >= 0.3 is 0 Å². The van der Waals surface area contributed by atoms with Gasteiger partial charge in [-0.05, 0) is 30.3 Å². The van der Waals surface area contributed by atoms with Crippen molar-refractivity contribution < 1.29 is 19.1 Å². The molecule has 2 aliphatic rings. The molecule has 4 rings (SSSR count). The maximum absolute atomic E-state index is 12.9. The van der Waals surface area contributed by atoms with Crippen molar-refractivity contribution in [1.29, 1.82) is 0 Å². The minimum absolute atomic E-state index is 0.0621. The Balaban J connectivity index is 1.51. The fourth-order valence-corrected chi connectivity index (χ4v) is 4.02. The van der Waals surface area contributed by atoms with Gasteiger partial charge < -0.3 is 14.4 Å².